The Morgan fingerprint density at radius 2 is 1.65 bits per heavy atom. The molecule has 0 saturated heterocycles. The van der Waals surface area contributed by atoms with Crippen LogP contribution in [-0.4, -0.2) is 31.7 Å². The van der Waals surface area contributed by atoms with Crippen LogP contribution in [0.3, 0.4) is 0 Å². The number of imidazole rings is 1. The molecular formula is C17H23Cl3N6. The van der Waals surface area contributed by atoms with Gasteiger partial charge in [-0.3, -0.25) is 4.98 Å². The first-order chi connectivity index (χ1) is 11.3. The van der Waals surface area contributed by atoms with Gasteiger partial charge in [-0.15, -0.1) is 42.3 Å². The van der Waals surface area contributed by atoms with Crippen molar-refractivity contribution in [1.29, 1.82) is 0 Å². The number of hydrogen-bond donors (Lipinski definition) is 2. The molecule has 3 heterocycles. The zero-order valence-electron chi connectivity index (χ0n) is 14.1. The van der Waals surface area contributed by atoms with Gasteiger partial charge in [0, 0.05) is 30.0 Å². The van der Waals surface area contributed by atoms with E-state index in [2.05, 4.69) is 15.3 Å². The molecule has 0 aliphatic heterocycles. The van der Waals surface area contributed by atoms with Crippen LogP contribution in [0.5, 0.6) is 0 Å². The molecule has 3 aromatic heterocycles. The summed E-state index contributed by atoms with van der Waals surface area (Å²) in [6.45, 7) is 0. The highest BCUT2D eigenvalue weighted by Crippen LogP contribution is 2.22. The molecule has 1 fully saturated rings. The van der Waals surface area contributed by atoms with Gasteiger partial charge in [0.2, 0.25) is 0 Å². The van der Waals surface area contributed by atoms with Gasteiger partial charge in [-0.05, 0) is 49.9 Å². The van der Waals surface area contributed by atoms with Crippen molar-refractivity contribution >= 4 is 48.7 Å². The van der Waals surface area contributed by atoms with E-state index in [4.69, 9.17) is 10.8 Å². The van der Waals surface area contributed by atoms with E-state index in [0.29, 0.717) is 12.1 Å². The second-order valence-electron chi connectivity index (χ2n) is 6.12. The predicted molar refractivity (Wildman–Crippen MR) is 112 cm³/mol. The second-order valence-corrected chi connectivity index (χ2v) is 6.12. The Kier molecular flexibility index (Phi) is 8.56. The maximum absolute atomic E-state index is 5.97. The third-order valence-electron chi connectivity index (χ3n) is 4.46. The minimum atomic E-state index is 0. The maximum atomic E-state index is 5.97. The molecule has 0 unspecified atom stereocenters. The van der Waals surface area contributed by atoms with Crippen molar-refractivity contribution in [2.45, 2.75) is 37.8 Å². The lowest BCUT2D eigenvalue weighted by molar-refractivity contribution is 0.410. The molecule has 0 bridgehead atoms. The van der Waals surface area contributed by atoms with Crippen LogP contribution < -0.4 is 11.1 Å². The minimum Gasteiger partial charge on any atom is -0.366 e. The Bertz CT molecular complexity index is 803. The van der Waals surface area contributed by atoms with Crippen molar-refractivity contribution in [3.63, 3.8) is 0 Å². The van der Waals surface area contributed by atoms with Gasteiger partial charge in [0.05, 0.1) is 11.9 Å². The van der Waals surface area contributed by atoms with E-state index in [1.807, 2.05) is 35.0 Å². The topological polar surface area (TPSA) is 81.1 Å². The zero-order chi connectivity index (χ0) is 15.6. The number of halogens is 3. The highest BCUT2D eigenvalue weighted by Gasteiger charge is 2.19. The van der Waals surface area contributed by atoms with Crippen LogP contribution in [0.2, 0.25) is 0 Å². The summed E-state index contributed by atoms with van der Waals surface area (Å²) in [5.41, 5.74) is 8.84. The van der Waals surface area contributed by atoms with E-state index >= 15 is 0 Å². The van der Waals surface area contributed by atoms with Gasteiger partial charge in [-0.1, -0.05) is 0 Å². The van der Waals surface area contributed by atoms with Crippen LogP contribution in [0.4, 0.5) is 5.82 Å². The lowest BCUT2D eigenvalue weighted by atomic mass is 9.92. The van der Waals surface area contributed by atoms with E-state index in [0.717, 1.165) is 48.4 Å². The zero-order valence-corrected chi connectivity index (χ0v) is 16.6. The Balaban J connectivity index is 0.00000113. The van der Waals surface area contributed by atoms with Crippen molar-refractivity contribution in [3.8, 4) is 11.3 Å². The summed E-state index contributed by atoms with van der Waals surface area (Å²) in [6, 6.07) is 8.73. The summed E-state index contributed by atoms with van der Waals surface area (Å²) in [5.74, 6) is 0.881. The van der Waals surface area contributed by atoms with E-state index < -0.39 is 0 Å². The van der Waals surface area contributed by atoms with Crippen LogP contribution in [0.25, 0.3) is 16.9 Å². The SMILES string of the molecule is Cl.Cl.Cl.N[C@H]1CC[C@H](Nc2ccc3ncc(-c4ccncc4)n3n2)CC1. The largest absolute Gasteiger partial charge is 0.366 e. The number of nitrogens with zero attached hydrogens (tertiary/aromatic N) is 4. The molecule has 0 aromatic carbocycles. The molecule has 0 amide bonds. The minimum absolute atomic E-state index is 0. The molecule has 6 nitrogen and oxygen atoms in total. The molecule has 1 aliphatic carbocycles. The predicted octanol–water partition coefficient (Wildman–Crippen LogP) is 3.74. The van der Waals surface area contributed by atoms with Crippen LogP contribution >= 0.6 is 37.2 Å². The quantitative estimate of drug-likeness (QED) is 0.678. The summed E-state index contributed by atoms with van der Waals surface area (Å²) in [7, 11) is 0. The van der Waals surface area contributed by atoms with Gasteiger partial charge in [0.25, 0.3) is 0 Å². The van der Waals surface area contributed by atoms with Gasteiger partial charge in [-0.25, -0.2) is 9.50 Å². The van der Waals surface area contributed by atoms with E-state index in [-0.39, 0.29) is 37.2 Å². The molecule has 0 atom stereocenters. The first-order valence-electron chi connectivity index (χ1n) is 8.07. The molecule has 1 aliphatic rings. The Hall–Kier alpha value is -1.60. The van der Waals surface area contributed by atoms with Crippen molar-refractivity contribution in [3.05, 3.63) is 42.9 Å². The smallest absolute Gasteiger partial charge is 0.154 e. The molecular weight excluding hydrogens is 395 g/mol. The van der Waals surface area contributed by atoms with E-state index in [1.54, 1.807) is 12.4 Å². The van der Waals surface area contributed by atoms with Crippen LogP contribution in [-0.2, 0) is 0 Å². The summed E-state index contributed by atoms with van der Waals surface area (Å²) < 4.78 is 1.88. The highest BCUT2D eigenvalue weighted by atomic mass is 35.5. The lowest BCUT2D eigenvalue weighted by Gasteiger charge is -2.27. The van der Waals surface area contributed by atoms with Crippen molar-refractivity contribution in [1.82, 2.24) is 19.6 Å². The fourth-order valence-corrected chi connectivity index (χ4v) is 3.14. The monoisotopic (exact) mass is 416 g/mol. The maximum Gasteiger partial charge on any atom is 0.154 e. The second kappa shape index (κ2) is 9.92. The molecule has 1 saturated carbocycles. The van der Waals surface area contributed by atoms with Gasteiger partial charge < -0.3 is 11.1 Å². The Labute approximate surface area is 171 Å². The summed E-state index contributed by atoms with van der Waals surface area (Å²) in [4.78, 5) is 8.49. The van der Waals surface area contributed by atoms with Crippen LogP contribution in [0.1, 0.15) is 25.7 Å². The molecule has 4 rings (SSSR count). The third kappa shape index (κ3) is 4.76. The first kappa shape index (κ1) is 22.4. The molecule has 3 aromatic rings. The Morgan fingerprint density at radius 1 is 0.962 bits per heavy atom. The molecule has 0 radical (unpaired) electrons. The third-order valence-corrected chi connectivity index (χ3v) is 4.46. The average Bonchev–Trinajstić information content (AvgIpc) is 3.01. The van der Waals surface area contributed by atoms with E-state index in [1.165, 1.54) is 0 Å². The number of nitrogens with one attached hydrogen (secondary N) is 1. The summed E-state index contributed by atoms with van der Waals surface area (Å²) in [5, 5.41) is 8.25. The molecule has 26 heavy (non-hydrogen) atoms. The van der Waals surface area contributed by atoms with Gasteiger partial charge in [0.1, 0.15) is 5.82 Å². The number of aromatic nitrogens is 4. The van der Waals surface area contributed by atoms with Gasteiger partial charge >= 0.3 is 0 Å². The van der Waals surface area contributed by atoms with Crippen molar-refractivity contribution < 1.29 is 0 Å². The fraction of sp³-hybridized carbons (Fsp3) is 0.353. The molecule has 0 spiro atoms. The molecule has 3 N–H and O–H groups in total. The number of anilines is 1. The number of hydrogen-bond acceptors (Lipinski definition) is 5. The molecule has 9 heteroatoms. The number of rotatable bonds is 3. The summed E-state index contributed by atoms with van der Waals surface area (Å²) in [6.07, 6.45) is 9.76. The summed E-state index contributed by atoms with van der Waals surface area (Å²) >= 11 is 0. The number of pyridine rings is 1. The Morgan fingerprint density at radius 3 is 2.35 bits per heavy atom. The average molecular weight is 418 g/mol. The normalized spacial score (nSPS) is 19.0. The first-order valence-corrected chi connectivity index (χ1v) is 8.07. The number of nitrogens with two attached hydrogens (primary N) is 1. The number of fused-ring (bicyclic) bond motifs is 1. The molecule has 142 valence electrons. The van der Waals surface area contributed by atoms with Gasteiger partial charge in [0.15, 0.2) is 5.65 Å². The lowest BCUT2D eigenvalue weighted by Crippen LogP contribution is -2.33. The fourth-order valence-electron chi connectivity index (χ4n) is 3.14. The van der Waals surface area contributed by atoms with E-state index in [9.17, 15) is 0 Å². The highest BCUT2D eigenvalue weighted by molar-refractivity contribution is 5.86. The van der Waals surface area contributed by atoms with Crippen molar-refractivity contribution in [2.75, 3.05) is 5.32 Å². The van der Waals surface area contributed by atoms with Crippen LogP contribution in [0, 0.1) is 0 Å². The standard InChI is InChI=1S/C17H20N6.3ClH/c18-13-1-3-14(4-2-13)21-16-5-6-17-20-11-15(23(17)22-16)12-7-9-19-10-8-12;;;/h5-11,13-14H,1-4,18H2,(H,21,22);3*1H/t13-,14-;;;. The van der Waals surface area contributed by atoms with Crippen LogP contribution in [0.15, 0.2) is 42.9 Å². The van der Waals surface area contributed by atoms with Crippen molar-refractivity contribution in [2.24, 2.45) is 5.73 Å². The van der Waals surface area contributed by atoms with Gasteiger partial charge in [-0.2, -0.15) is 0 Å².